The first kappa shape index (κ1) is 13.2. The summed E-state index contributed by atoms with van der Waals surface area (Å²) >= 11 is 11.9. The van der Waals surface area contributed by atoms with Gasteiger partial charge in [-0.05, 0) is 31.2 Å². The molecule has 2 nitrogen and oxygen atoms in total. The molecule has 0 radical (unpaired) electrons. The van der Waals surface area contributed by atoms with E-state index in [0.717, 1.165) is 5.56 Å². The molecule has 0 heterocycles. The highest BCUT2D eigenvalue weighted by atomic mass is 35.5. The molecular weight excluding hydrogens is 269 g/mol. The quantitative estimate of drug-likeness (QED) is 0.877. The largest absolute Gasteiger partial charge is 0.455 e. The Morgan fingerprint density at radius 1 is 1.06 bits per heavy atom. The summed E-state index contributed by atoms with van der Waals surface area (Å²) in [5.74, 6) is 1.27. The van der Waals surface area contributed by atoms with Crippen LogP contribution in [0.4, 0.5) is 0 Å². The van der Waals surface area contributed by atoms with Gasteiger partial charge < -0.3 is 10.5 Å². The van der Waals surface area contributed by atoms with E-state index in [1.54, 1.807) is 18.2 Å². The lowest BCUT2D eigenvalue weighted by Gasteiger charge is -2.14. The molecule has 2 aromatic carbocycles. The minimum Gasteiger partial charge on any atom is -0.455 e. The molecule has 0 saturated heterocycles. The van der Waals surface area contributed by atoms with Crippen LogP contribution in [0.1, 0.15) is 18.5 Å². The fourth-order valence-corrected chi connectivity index (χ4v) is 2.07. The molecule has 1 atom stereocenters. The minimum absolute atomic E-state index is 0.104. The molecule has 2 aromatic rings. The first-order valence-electron chi connectivity index (χ1n) is 5.55. The average molecular weight is 282 g/mol. The predicted molar refractivity (Wildman–Crippen MR) is 75.6 cm³/mol. The second-order valence-electron chi connectivity index (χ2n) is 4.00. The molecule has 0 amide bonds. The number of hydrogen-bond donors (Lipinski definition) is 1. The van der Waals surface area contributed by atoms with Crippen LogP contribution in [0.25, 0.3) is 0 Å². The number of nitrogens with two attached hydrogens (primary N) is 1. The van der Waals surface area contributed by atoms with Gasteiger partial charge in [0.25, 0.3) is 0 Å². The lowest BCUT2D eigenvalue weighted by atomic mass is 10.1. The summed E-state index contributed by atoms with van der Waals surface area (Å²) in [6.45, 7) is 1.91. The van der Waals surface area contributed by atoms with Crippen LogP contribution in [0.3, 0.4) is 0 Å². The molecule has 0 bridgehead atoms. The smallest absolute Gasteiger partial charge is 0.146 e. The standard InChI is InChI=1S/C14H13Cl2NO/c1-9(17)11-4-2-3-5-13(11)18-14-7-6-10(15)8-12(14)16/h2-9H,17H2,1H3/t9-/m1/s1. The summed E-state index contributed by atoms with van der Waals surface area (Å²) < 4.78 is 5.79. The first-order valence-corrected chi connectivity index (χ1v) is 6.31. The molecule has 2 N–H and O–H groups in total. The van der Waals surface area contributed by atoms with Crippen LogP contribution >= 0.6 is 23.2 Å². The van der Waals surface area contributed by atoms with Crippen LogP contribution < -0.4 is 10.5 Å². The van der Waals surface area contributed by atoms with Gasteiger partial charge in [0.15, 0.2) is 0 Å². The van der Waals surface area contributed by atoms with Crippen LogP contribution in [0.15, 0.2) is 42.5 Å². The van der Waals surface area contributed by atoms with Crippen molar-refractivity contribution in [2.75, 3.05) is 0 Å². The lowest BCUT2D eigenvalue weighted by Crippen LogP contribution is -2.06. The highest BCUT2D eigenvalue weighted by Crippen LogP contribution is 2.34. The number of halogens is 2. The van der Waals surface area contributed by atoms with Crippen LogP contribution in [0.5, 0.6) is 11.5 Å². The number of benzene rings is 2. The zero-order chi connectivity index (χ0) is 13.1. The summed E-state index contributed by atoms with van der Waals surface area (Å²) in [5.41, 5.74) is 6.83. The molecule has 0 fully saturated rings. The van der Waals surface area contributed by atoms with Gasteiger partial charge in [0.05, 0.1) is 5.02 Å². The van der Waals surface area contributed by atoms with Crippen molar-refractivity contribution in [1.29, 1.82) is 0 Å². The fraction of sp³-hybridized carbons (Fsp3) is 0.143. The van der Waals surface area contributed by atoms with Gasteiger partial charge >= 0.3 is 0 Å². The Hall–Kier alpha value is -1.22. The predicted octanol–water partition coefficient (Wildman–Crippen LogP) is 4.81. The van der Waals surface area contributed by atoms with Gasteiger partial charge in [-0.2, -0.15) is 0 Å². The lowest BCUT2D eigenvalue weighted by molar-refractivity contribution is 0.472. The minimum atomic E-state index is -0.104. The van der Waals surface area contributed by atoms with Crippen molar-refractivity contribution in [3.8, 4) is 11.5 Å². The summed E-state index contributed by atoms with van der Waals surface area (Å²) in [6, 6.07) is 12.6. The van der Waals surface area contributed by atoms with E-state index in [1.807, 2.05) is 31.2 Å². The van der Waals surface area contributed by atoms with Crippen molar-refractivity contribution >= 4 is 23.2 Å². The van der Waals surface area contributed by atoms with E-state index in [-0.39, 0.29) is 6.04 Å². The Labute approximate surface area is 116 Å². The normalized spacial score (nSPS) is 12.2. The second kappa shape index (κ2) is 5.61. The Kier molecular flexibility index (Phi) is 4.12. The molecule has 2 rings (SSSR count). The average Bonchev–Trinajstić information content (AvgIpc) is 2.33. The van der Waals surface area contributed by atoms with Gasteiger partial charge in [-0.1, -0.05) is 41.4 Å². The van der Waals surface area contributed by atoms with Crippen LogP contribution in [-0.4, -0.2) is 0 Å². The summed E-state index contributed by atoms with van der Waals surface area (Å²) in [6.07, 6.45) is 0. The van der Waals surface area contributed by atoms with Gasteiger partial charge in [-0.15, -0.1) is 0 Å². The molecule has 0 aliphatic carbocycles. The van der Waals surface area contributed by atoms with E-state index in [0.29, 0.717) is 21.5 Å². The number of rotatable bonds is 3. The third-order valence-electron chi connectivity index (χ3n) is 2.52. The van der Waals surface area contributed by atoms with Crippen molar-refractivity contribution in [1.82, 2.24) is 0 Å². The maximum absolute atomic E-state index is 6.07. The molecule has 18 heavy (non-hydrogen) atoms. The van der Waals surface area contributed by atoms with Crippen LogP contribution in [-0.2, 0) is 0 Å². The zero-order valence-corrected chi connectivity index (χ0v) is 11.4. The molecule has 0 aromatic heterocycles. The van der Waals surface area contributed by atoms with E-state index in [1.165, 1.54) is 0 Å². The second-order valence-corrected chi connectivity index (χ2v) is 4.85. The Morgan fingerprint density at radius 2 is 1.78 bits per heavy atom. The van der Waals surface area contributed by atoms with Crippen molar-refractivity contribution in [2.24, 2.45) is 5.73 Å². The number of ether oxygens (including phenoxy) is 1. The summed E-state index contributed by atoms with van der Waals surface area (Å²) in [4.78, 5) is 0. The third kappa shape index (κ3) is 2.96. The summed E-state index contributed by atoms with van der Waals surface area (Å²) in [7, 11) is 0. The highest BCUT2D eigenvalue weighted by molar-refractivity contribution is 6.35. The molecule has 0 aliphatic rings. The van der Waals surface area contributed by atoms with E-state index < -0.39 is 0 Å². The van der Waals surface area contributed by atoms with Crippen molar-refractivity contribution in [3.63, 3.8) is 0 Å². The molecule has 0 aliphatic heterocycles. The van der Waals surface area contributed by atoms with E-state index in [4.69, 9.17) is 33.7 Å². The third-order valence-corrected chi connectivity index (χ3v) is 3.05. The van der Waals surface area contributed by atoms with Crippen LogP contribution in [0.2, 0.25) is 10.0 Å². The zero-order valence-electron chi connectivity index (χ0n) is 9.86. The maximum Gasteiger partial charge on any atom is 0.146 e. The van der Waals surface area contributed by atoms with Gasteiger partial charge in [0.1, 0.15) is 11.5 Å². The van der Waals surface area contributed by atoms with Gasteiger partial charge in [-0.3, -0.25) is 0 Å². The van der Waals surface area contributed by atoms with Crippen LogP contribution in [0, 0.1) is 0 Å². The van der Waals surface area contributed by atoms with Gasteiger partial charge in [-0.25, -0.2) is 0 Å². The van der Waals surface area contributed by atoms with Crippen molar-refractivity contribution < 1.29 is 4.74 Å². The number of para-hydroxylation sites is 1. The maximum atomic E-state index is 6.07. The molecule has 0 saturated carbocycles. The molecule has 94 valence electrons. The van der Waals surface area contributed by atoms with Gasteiger partial charge in [0, 0.05) is 16.6 Å². The molecule has 0 unspecified atom stereocenters. The Bertz CT molecular complexity index is 555. The first-order chi connectivity index (χ1) is 8.58. The monoisotopic (exact) mass is 281 g/mol. The molecule has 4 heteroatoms. The highest BCUT2D eigenvalue weighted by Gasteiger charge is 2.10. The van der Waals surface area contributed by atoms with E-state index in [9.17, 15) is 0 Å². The summed E-state index contributed by atoms with van der Waals surface area (Å²) in [5, 5.41) is 1.05. The topological polar surface area (TPSA) is 35.2 Å². The van der Waals surface area contributed by atoms with Crippen molar-refractivity contribution in [2.45, 2.75) is 13.0 Å². The molecular formula is C14H13Cl2NO. The Morgan fingerprint density at radius 3 is 2.44 bits per heavy atom. The van der Waals surface area contributed by atoms with Crippen molar-refractivity contribution in [3.05, 3.63) is 58.1 Å². The fourth-order valence-electron chi connectivity index (χ4n) is 1.63. The van der Waals surface area contributed by atoms with E-state index >= 15 is 0 Å². The molecule has 0 spiro atoms. The SMILES string of the molecule is C[C@@H](N)c1ccccc1Oc1ccc(Cl)cc1Cl. The van der Waals surface area contributed by atoms with Gasteiger partial charge in [0.2, 0.25) is 0 Å². The number of hydrogen-bond acceptors (Lipinski definition) is 2. The Balaban J connectivity index is 2.34. The van der Waals surface area contributed by atoms with E-state index in [2.05, 4.69) is 0 Å².